The van der Waals surface area contributed by atoms with Crippen LogP contribution in [0.1, 0.15) is 6.92 Å². The third kappa shape index (κ3) is 5.81. The number of anilines is 1. The quantitative estimate of drug-likeness (QED) is 0.278. The molecule has 0 radical (unpaired) electrons. The van der Waals surface area contributed by atoms with Crippen molar-refractivity contribution in [2.24, 2.45) is 12.0 Å². The highest BCUT2D eigenvalue weighted by Crippen LogP contribution is 2.16. The Bertz CT molecular complexity index is 781. The van der Waals surface area contributed by atoms with Gasteiger partial charge in [0.25, 0.3) is 0 Å². The van der Waals surface area contributed by atoms with Crippen LogP contribution in [0.5, 0.6) is 5.75 Å². The number of aromatic nitrogens is 3. The third-order valence-electron chi connectivity index (χ3n) is 4.11. The van der Waals surface area contributed by atoms with E-state index in [1.807, 2.05) is 37.2 Å². The van der Waals surface area contributed by atoms with Crippen molar-refractivity contribution in [2.75, 3.05) is 44.2 Å². The molecule has 0 atom stereocenters. The van der Waals surface area contributed by atoms with Gasteiger partial charge in [0.05, 0.1) is 24.6 Å². The number of piperazine rings is 1. The molecule has 0 spiro atoms. The zero-order valence-corrected chi connectivity index (χ0v) is 18.4. The van der Waals surface area contributed by atoms with Gasteiger partial charge in [-0.3, -0.25) is 14.5 Å². The van der Waals surface area contributed by atoms with Gasteiger partial charge in [0.15, 0.2) is 5.96 Å². The number of carbonyl (C=O) groups is 1. The molecule has 10 heteroatoms. The first-order chi connectivity index (χ1) is 13.2. The molecule has 1 fully saturated rings. The number of hydrogen-bond acceptors (Lipinski definition) is 5. The highest BCUT2D eigenvalue weighted by molar-refractivity contribution is 14.0. The molecule has 28 heavy (non-hydrogen) atoms. The van der Waals surface area contributed by atoms with E-state index in [1.54, 1.807) is 28.2 Å². The normalized spacial score (nSPS) is 14.6. The molecule has 0 bridgehead atoms. The largest absolute Gasteiger partial charge is 0.490 e. The summed E-state index contributed by atoms with van der Waals surface area (Å²) < 4.78 is 7.32. The van der Waals surface area contributed by atoms with Gasteiger partial charge >= 0.3 is 0 Å². The number of aryl methyl sites for hydroxylation is 1. The predicted octanol–water partition coefficient (Wildman–Crippen LogP) is 1.13. The number of pyridine rings is 1. The zero-order valence-electron chi connectivity index (χ0n) is 16.1. The van der Waals surface area contributed by atoms with Gasteiger partial charge in [-0.2, -0.15) is 5.10 Å². The molecular formula is C18H26IN7O2. The molecule has 9 nitrogen and oxygen atoms in total. The Morgan fingerprint density at radius 2 is 2.21 bits per heavy atom. The van der Waals surface area contributed by atoms with Crippen molar-refractivity contribution in [2.45, 2.75) is 6.92 Å². The second kappa shape index (κ2) is 10.8. The second-order valence-corrected chi connectivity index (χ2v) is 6.11. The van der Waals surface area contributed by atoms with Crippen LogP contribution in [-0.2, 0) is 11.8 Å². The van der Waals surface area contributed by atoms with Crippen molar-refractivity contribution in [1.29, 1.82) is 0 Å². The van der Waals surface area contributed by atoms with E-state index in [2.05, 4.69) is 20.4 Å². The van der Waals surface area contributed by atoms with Crippen LogP contribution in [0.2, 0.25) is 0 Å². The van der Waals surface area contributed by atoms with Crippen LogP contribution in [0.4, 0.5) is 5.69 Å². The van der Waals surface area contributed by atoms with Crippen LogP contribution in [0.25, 0.3) is 0 Å². The number of ether oxygens (including phenoxy) is 1. The van der Waals surface area contributed by atoms with Crippen LogP contribution in [0.15, 0.2) is 41.9 Å². The minimum Gasteiger partial charge on any atom is -0.490 e. The standard InChI is InChI=1S/C18H25N7O2.HI/c1-3-20-18(21-7-10-27-16-5-4-6-19-12-16)24-8-9-25(17(26)14-24)15-11-22-23(2)13-15;/h4-6,11-13H,3,7-10,14H2,1-2H3,(H,20,21);1H. The van der Waals surface area contributed by atoms with Gasteiger partial charge in [0.1, 0.15) is 18.9 Å². The summed E-state index contributed by atoms with van der Waals surface area (Å²) in [6.45, 7) is 5.27. The highest BCUT2D eigenvalue weighted by Gasteiger charge is 2.27. The molecular weight excluding hydrogens is 473 g/mol. The van der Waals surface area contributed by atoms with E-state index in [-0.39, 0.29) is 36.4 Å². The van der Waals surface area contributed by atoms with Crippen LogP contribution in [-0.4, -0.2) is 70.9 Å². The summed E-state index contributed by atoms with van der Waals surface area (Å²) in [7, 11) is 1.84. The van der Waals surface area contributed by atoms with Crippen molar-refractivity contribution in [1.82, 2.24) is 25.0 Å². The average molecular weight is 499 g/mol. The first kappa shape index (κ1) is 21.9. The van der Waals surface area contributed by atoms with Gasteiger partial charge in [-0.25, -0.2) is 4.99 Å². The fraction of sp³-hybridized carbons (Fsp3) is 0.444. The SMILES string of the molecule is CCNC(=NCCOc1cccnc1)N1CCN(c2cnn(C)c2)C(=O)C1.I. The Kier molecular flexibility index (Phi) is 8.48. The van der Waals surface area contributed by atoms with Crippen molar-refractivity contribution in [3.63, 3.8) is 0 Å². The second-order valence-electron chi connectivity index (χ2n) is 6.11. The summed E-state index contributed by atoms with van der Waals surface area (Å²) in [6, 6.07) is 3.69. The molecule has 152 valence electrons. The zero-order chi connectivity index (χ0) is 19.1. The topological polar surface area (TPSA) is 87.9 Å². The van der Waals surface area contributed by atoms with Gasteiger partial charge in [0, 0.05) is 39.1 Å². The lowest BCUT2D eigenvalue weighted by molar-refractivity contribution is -0.120. The maximum atomic E-state index is 12.6. The monoisotopic (exact) mass is 499 g/mol. The van der Waals surface area contributed by atoms with E-state index in [1.165, 1.54) is 0 Å². The van der Waals surface area contributed by atoms with E-state index in [0.717, 1.165) is 23.9 Å². The van der Waals surface area contributed by atoms with Crippen molar-refractivity contribution in [3.8, 4) is 5.75 Å². The van der Waals surface area contributed by atoms with Crippen LogP contribution in [0.3, 0.4) is 0 Å². The fourth-order valence-electron chi connectivity index (χ4n) is 2.85. The van der Waals surface area contributed by atoms with E-state index in [0.29, 0.717) is 26.2 Å². The summed E-state index contributed by atoms with van der Waals surface area (Å²) in [5, 5.41) is 7.39. The van der Waals surface area contributed by atoms with Gasteiger partial charge in [0.2, 0.25) is 5.91 Å². The molecule has 0 saturated carbocycles. The van der Waals surface area contributed by atoms with Gasteiger partial charge in [-0.05, 0) is 19.1 Å². The van der Waals surface area contributed by atoms with Gasteiger partial charge < -0.3 is 19.9 Å². The number of hydrogen-bond donors (Lipinski definition) is 1. The molecule has 1 N–H and O–H groups in total. The average Bonchev–Trinajstić information content (AvgIpc) is 3.11. The molecule has 0 unspecified atom stereocenters. The lowest BCUT2D eigenvalue weighted by atomic mass is 10.3. The van der Waals surface area contributed by atoms with Crippen LogP contribution >= 0.6 is 24.0 Å². The number of amides is 1. The summed E-state index contributed by atoms with van der Waals surface area (Å²) in [4.78, 5) is 24.9. The van der Waals surface area contributed by atoms with E-state index >= 15 is 0 Å². The molecule has 1 saturated heterocycles. The minimum absolute atomic E-state index is 0. The van der Waals surface area contributed by atoms with Crippen molar-refractivity contribution < 1.29 is 9.53 Å². The molecule has 1 aliphatic heterocycles. The number of nitrogens with zero attached hydrogens (tertiary/aromatic N) is 6. The lowest BCUT2D eigenvalue weighted by Gasteiger charge is -2.35. The Morgan fingerprint density at radius 1 is 1.36 bits per heavy atom. The molecule has 2 aromatic rings. The summed E-state index contributed by atoms with van der Waals surface area (Å²) in [5.74, 6) is 1.48. The number of nitrogens with one attached hydrogen (secondary N) is 1. The Labute approximate surface area is 181 Å². The van der Waals surface area contributed by atoms with Gasteiger partial charge in [-0.1, -0.05) is 0 Å². The van der Waals surface area contributed by atoms with E-state index in [9.17, 15) is 4.79 Å². The first-order valence-electron chi connectivity index (χ1n) is 9.02. The van der Waals surface area contributed by atoms with Gasteiger partial charge in [-0.15, -0.1) is 24.0 Å². The van der Waals surface area contributed by atoms with Crippen LogP contribution < -0.4 is 15.0 Å². The summed E-state index contributed by atoms with van der Waals surface area (Å²) in [6.07, 6.45) is 6.94. The van der Waals surface area contributed by atoms with Crippen LogP contribution in [0, 0.1) is 0 Å². The molecule has 0 aliphatic carbocycles. The van der Waals surface area contributed by atoms with Crippen molar-refractivity contribution in [3.05, 3.63) is 36.9 Å². The summed E-state index contributed by atoms with van der Waals surface area (Å²) >= 11 is 0. The summed E-state index contributed by atoms with van der Waals surface area (Å²) in [5.41, 5.74) is 0.828. The Morgan fingerprint density at radius 3 is 2.86 bits per heavy atom. The Hall–Kier alpha value is -2.37. The number of carbonyl (C=O) groups excluding carboxylic acids is 1. The Balaban J connectivity index is 0.00000280. The van der Waals surface area contributed by atoms with E-state index < -0.39 is 0 Å². The number of guanidine groups is 1. The minimum atomic E-state index is 0. The lowest BCUT2D eigenvalue weighted by Crippen LogP contribution is -2.55. The maximum Gasteiger partial charge on any atom is 0.246 e. The molecule has 3 heterocycles. The maximum absolute atomic E-state index is 12.6. The van der Waals surface area contributed by atoms with Crippen molar-refractivity contribution >= 4 is 41.5 Å². The molecule has 2 aromatic heterocycles. The molecule has 3 rings (SSSR count). The van der Waals surface area contributed by atoms with E-state index in [4.69, 9.17) is 4.74 Å². The fourth-order valence-corrected chi connectivity index (χ4v) is 2.85. The molecule has 0 aromatic carbocycles. The highest BCUT2D eigenvalue weighted by atomic mass is 127. The first-order valence-corrected chi connectivity index (χ1v) is 9.02. The predicted molar refractivity (Wildman–Crippen MR) is 118 cm³/mol. The molecule has 1 amide bonds. The molecule has 1 aliphatic rings. The number of halogens is 1. The number of aliphatic imine (C=N–C) groups is 1. The number of rotatable bonds is 6. The third-order valence-corrected chi connectivity index (χ3v) is 4.11. The smallest absolute Gasteiger partial charge is 0.246 e.